The highest BCUT2D eigenvalue weighted by Gasteiger charge is 2.19. The highest BCUT2D eigenvalue weighted by Crippen LogP contribution is 2.25. The Morgan fingerprint density at radius 1 is 1.47 bits per heavy atom. The molecular weight excluding hydrogens is 232 g/mol. The SMILES string of the molecule is CCn1c(C(=O)NC(C)(C)C)cc2sccc21. The molecule has 0 saturated heterocycles. The first kappa shape index (κ1) is 12.2. The smallest absolute Gasteiger partial charge is 0.268 e. The molecule has 92 valence electrons. The molecule has 0 aromatic carbocycles. The molecule has 0 radical (unpaired) electrons. The molecule has 0 fully saturated rings. The van der Waals surface area contributed by atoms with Crippen LogP contribution in [0.5, 0.6) is 0 Å². The predicted octanol–water partition coefficient (Wildman–Crippen LogP) is 3.25. The Morgan fingerprint density at radius 2 is 2.18 bits per heavy atom. The Labute approximate surface area is 105 Å². The zero-order chi connectivity index (χ0) is 12.6. The van der Waals surface area contributed by atoms with Crippen molar-refractivity contribution in [3.8, 4) is 0 Å². The molecule has 17 heavy (non-hydrogen) atoms. The number of carbonyl (C=O) groups is 1. The number of amides is 1. The second-order valence-electron chi connectivity index (χ2n) is 5.15. The highest BCUT2D eigenvalue weighted by atomic mass is 32.1. The largest absolute Gasteiger partial charge is 0.346 e. The maximum absolute atomic E-state index is 12.2. The summed E-state index contributed by atoms with van der Waals surface area (Å²) in [5.74, 6) is 0.00255. The molecule has 2 aromatic rings. The van der Waals surface area contributed by atoms with E-state index in [1.807, 2.05) is 26.8 Å². The van der Waals surface area contributed by atoms with E-state index in [0.717, 1.165) is 17.8 Å². The summed E-state index contributed by atoms with van der Waals surface area (Å²) in [4.78, 5) is 12.2. The monoisotopic (exact) mass is 250 g/mol. The summed E-state index contributed by atoms with van der Waals surface area (Å²) < 4.78 is 3.23. The number of nitrogens with zero attached hydrogens (tertiary/aromatic N) is 1. The Morgan fingerprint density at radius 3 is 2.76 bits per heavy atom. The third-order valence-corrected chi connectivity index (χ3v) is 3.41. The minimum atomic E-state index is -0.201. The molecule has 2 rings (SSSR count). The fraction of sp³-hybridized carbons (Fsp3) is 0.462. The minimum Gasteiger partial charge on any atom is -0.346 e. The number of nitrogens with one attached hydrogen (secondary N) is 1. The Bertz CT molecular complexity index is 545. The van der Waals surface area contributed by atoms with Crippen LogP contribution >= 0.6 is 11.3 Å². The van der Waals surface area contributed by atoms with Gasteiger partial charge in [-0.05, 0) is 45.2 Å². The van der Waals surface area contributed by atoms with Crippen molar-refractivity contribution >= 4 is 27.5 Å². The van der Waals surface area contributed by atoms with Crippen LogP contribution < -0.4 is 5.32 Å². The topological polar surface area (TPSA) is 34.0 Å². The van der Waals surface area contributed by atoms with Gasteiger partial charge in [0.15, 0.2) is 0 Å². The summed E-state index contributed by atoms with van der Waals surface area (Å²) in [7, 11) is 0. The molecular formula is C13H18N2OS. The number of carbonyl (C=O) groups excluding carboxylic acids is 1. The van der Waals surface area contributed by atoms with Gasteiger partial charge in [0.1, 0.15) is 5.69 Å². The predicted molar refractivity (Wildman–Crippen MR) is 72.7 cm³/mol. The lowest BCUT2D eigenvalue weighted by molar-refractivity contribution is 0.0910. The fourth-order valence-electron chi connectivity index (χ4n) is 1.91. The van der Waals surface area contributed by atoms with Crippen molar-refractivity contribution in [2.24, 2.45) is 0 Å². The van der Waals surface area contributed by atoms with E-state index in [4.69, 9.17) is 0 Å². The van der Waals surface area contributed by atoms with Crippen molar-refractivity contribution in [2.75, 3.05) is 0 Å². The summed E-state index contributed by atoms with van der Waals surface area (Å²) in [6.07, 6.45) is 0. The standard InChI is InChI=1S/C13H18N2OS/c1-5-15-9-6-7-17-11(9)8-10(15)12(16)14-13(2,3)4/h6-8H,5H2,1-4H3,(H,14,16). The van der Waals surface area contributed by atoms with Crippen LogP contribution in [-0.4, -0.2) is 16.0 Å². The fourth-order valence-corrected chi connectivity index (χ4v) is 2.73. The lowest BCUT2D eigenvalue weighted by Crippen LogP contribution is -2.41. The zero-order valence-electron chi connectivity index (χ0n) is 10.7. The molecule has 0 aliphatic rings. The van der Waals surface area contributed by atoms with E-state index in [2.05, 4.69) is 28.3 Å². The number of thiophene rings is 1. The molecule has 0 saturated carbocycles. The second-order valence-corrected chi connectivity index (χ2v) is 6.10. The lowest BCUT2D eigenvalue weighted by Gasteiger charge is -2.21. The van der Waals surface area contributed by atoms with Crippen LogP contribution in [0.2, 0.25) is 0 Å². The number of hydrogen-bond donors (Lipinski definition) is 1. The zero-order valence-corrected chi connectivity index (χ0v) is 11.5. The van der Waals surface area contributed by atoms with Crippen molar-refractivity contribution in [1.29, 1.82) is 0 Å². The van der Waals surface area contributed by atoms with Crippen molar-refractivity contribution in [3.63, 3.8) is 0 Å². The lowest BCUT2D eigenvalue weighted by atomic mass is 10.1. The molecule has 1 N–H and O–H groups in total. The van der Waals surface area contributed by atoms with E-state index in [9.17, 15) is 4.79 Å². The van der Waals surface area contributed by atoms with Gasteiger partial charge in [-0.25, -0.2) is 0 Å². The van der Waals surface area contributed by atoms with Crippen LogP contribution in [0.1, 0.15) is 38.2 Å². The molecule has 0 aliphatic carbocycles. The van der Waals surface area contributed by atoms with Crippen LogP contribution in [0.25, 0.3) is 10.2 Å². The van der Waals surface area contributed by atoms with Gasteiger partial charge >= 0.3 is 0 Å². The van der Waals surface area contributed by atoms with Crippen LogP contribution in [0.3, 0.4) is 0 Å². The minimum absolute atomic E-state index is 0.00255. The molecule has 0 unspecified atom stereocenters. The van der Waals surface area contributed by atoms with Gasteiger partial charge in [-0.3, -0.25) is 4.79 Å². The average Bonchev–Trinajstić information content (AvgIpc) is 2.72. The van der Waals surface area contributed by atoms with Gasteiger partial charge < -0.3 is 9.88 Å². The van der Waals surface area contributed by atoms with E-state index in [1.165, 1.54) is 4.70 Å². The van der Waals surface area contributed by atoms with Crippen molar-refractivity contribution in [1.82, 2.24) is 9.88 Å². The molecule has 0 aliphatic heterocycles. The number of fused-ring (bicyclic) bond motifs is 1. The summed E-state index contributed by atoms with van der Waals surface area (Å²) in [5, 5.41) is 5.06. The molecule has 3 nitrogen and oxygen atoms in total. The Balaban J connectivity index is 2.41. The first-order chi connectivity index (χ1) is 7.92. The molecule has 0 spiro atoms. The third-order valence-electron chi connectivity index (χ3n) is 2.56. The first-order valence-electron chi connectivity index (χ1n) is 5.81. The van der Waals surface area contributed by atoms with Gasteiger partial charge in [-0.2, -0.15) is 0 Å². The van der Waals surface area contributed by atoms with E-state index in [0.29, 0.717) is 0 Å². The van der Waals surface area contributed by atoms with Gasteiger partial charge in [0.2, 0.25) is 0 Å². The van der Waals surface area contributed by atoms with Crippen LogP contribution in [0.4, 0.5) is 0 Å². The Kier molecular flexibility index (Phi) is 3.00. The third kappa shape index (κ3) is 2.36. The van der Waals surface area contributed by atoms with E-state index < -0.39 is 0 Å². The number of hydrogen-bond acceptors (Lipinski definition) is 2. The van der Waals surface area contributed by atoms with E-state index >= 15 is 0 Å². The number of aromatic nitrogens is 1. The summed E-state index contributed by atoms with van der Waals surface area (Å²) in [6, 6.07) is 4.04. The maximum atomic E-state index is 12.2. The van der Waals surface area contributed by atoms with Crippen LogP contribution in [0, 0.1) is 0 Å². The molecule has 0 atom stereocenters. The van der Waals surface area contributed by atoms with Crippen molar-refractivity contribution in [2.45, 2.75) is 39.8 Å². The quantitative estimate of drug-likeness (QED) is 0.872. The summed E-state index contributed by atoms with van der Waals surface area (Å²) >= 11 is 1.67. The first-order valence-corrected chi connectivity index (χ1v) is 6.69. The number of aryl methyl sites for hydroxylation is 1. The maximum Gasteiger partial charge on any atom is 0.268 e. The van der Waals surface area contributed by atoms with Crippen molar-refractivity contribution in [3.05, 3.63) is 23.2 Å². The van der Waals surface area contributed by atoms with Gasteiger partial charge in [0.25, 0.3) is 5.91 Å². The molecule has 0 bridgehead atoms. The molecule has 4 heteroatoms. The van der Waals surface area contributed by atoms with Crippen molar-refractivity contribution < 1.29 is 4.79 Å². The highest BCUT2D eigenvalue weighted by molar-refractivity contribution is 7.17. The van der Waals surface area contributed by atoms with E-state index in [1.54, 1.807) is 11.3 Å². The molecule has 1 amide bonds. The van der Waals surface area contributed by atoms with Gasteiger partial charge in [-0.15, -0.1) is 11.3 Å². The van der Waals surface area contributed by atoms with Gasteiger partial charge in [0, 0.05) is 12.1 Å². The molecule has 2 aromatic heterocycles. The average molecular weight is 250 g/mol. The number of rotatable bonds is 2. The van der Waals surface area contributed by atoms with Gasteiger partial charge in [-0.1, -0.05) is 0 Å². The van der Waals surface area contributed by atoms with Gasteiger partial charge in [0.05, 0.1) is 10.2 Å². The summed E-state index contributed by atoms with van der Waals surface area (Å²) in [5.41, 5.74) is 1.70. The van der Waals surface area contributed by atoms with Crippen LogP contribution in [0.15, 0.2) is 17.5 Å². The molecule has 2 heterocycles. The normalized spacial score (nSPS) is 12.0. The second kappa shape index (κ2) is 4.18. The van der Waals surface area contributed by atoms with E-state index in [-0.39, 0.29) is 11.4 Å². The summed E-state index contributed by atoms with van der Waals surface area (Å²) in [6.45, 7) is 8.85. The van der Waals surface area contributed by atoms with Crippen LogP contribution in [-0.2, 0) is 6.54 Å². The Hall–Kier alpha value is -1.29.